The van der Waals surface area contributed by atoms with Crippen molar-refractivity contribution in [1.29, 1.82) is 0 Å². The van der Waals surface area contributed by atoms with Crippen molar-refractivity contribution in [3.05, 3.63) is 412 Å². The number of para-hydroxylation sites is 10. The van der Waals surface area contributed by atoms with Crippen molar-refractivity contribution >= 4 is 90.3 Å². The molecule has 17 rings (SSSR count). The Hall–Kier alpha value is -13.6. The van der Waals surface area contributed by atoms with Crippen LogP contribution >= 0.6 is 0 Å². The van der Waals surface area contributed by atoms with E-state index in [0.717, 1.165) is 124 Å². The Kier molecular flexibility index (Phi) is 17.9. The van der Waals surface area contributed by atoms with Gasteiger partial charge in [-0.25, -0.2) is 9.97 Å². The molecule has 0 bridgehead atoms. The molecule has 0 radical (unpaired) electrons. The first-order chi connectivity index (χ1) is 50.4. The van der Waals surface area contributed by atoms with Crippen molar-refractivity contribution < 1.29 is 0 Å². The first kappa shape index (κ1) is 63.2. The van der Waals surface area contributed by atoms with Crippen LogP contribution < -0.4 is 19.6 Å². The fourth-order valence-electron chi connectivity index (χ4n) is 13.7. The van der Waals surface area contributed by atoms with Crippen molar-refractivity contribution in [2.75, 3.05) is 19.6 Å². The third-order valence-electron chi connectivity index (χ3n) is 18.4. The van der Waals surface area contributed by atoms with E-state index in [-0.39, 0.29) is 0 Å². The van der Waals surface area contributed by atoms with Crippen LogP contribution in [-0.2, 0) is 0 Å². The minimum absolute atomic E-state index is 0.911. The van der Waals surface area contributed by atoms with Gasteiger partial charge < -0.3 is 19.6 Å². The maximum atomic E-state index is 5.11. The van der Waals surface area contributed by atoms with E-state index in [9.17, 15) is 0 Å². The zero-order chi connectivity index (χ0) is 68.6. The minimum atomic E-state index is 0.911. The van der Waals surface area contributed by atoms with Gasteiger partial charge in [0, 0.05) is 90.8 Å². The molecule has 0 spiro atoms. The quantitative estimate of drug-likeness (QED) is 0.0905. The molecule has 0 fully saturated rings. The molecule has 488 valence electrons. The molecule has 8 heteroatoms. The summed E-state index contributed by atoms with van der Waals surface area (Å²) in [5, 5.41) is 0. The predicted molar refractivity (Wildman–Crippen MR) is 427 cm³/mol. The number of hydrogen-bond donors (Lipinski definition) is 0. The Balaban J connectivity index is 0.000000158. The van der Waals surface area contributed by atoms with Gasteiger partial charge in [-0.2, -0.15) is 0 Å². The lowest BCUT2D eigenvalue weighted by Gasteiger charge is -2.28. The highest BCUT2D eigenvalue weighted by atomic mass is 15.2. The summed E-state index contributed by atoms with van der Waals surface area (Å²) in [6, 6.07) is 141. The number of aromatic nitrogens is 4. The maximum absolute atomic E-state index is 5.11. The summed E-state index contributed by atoms with van der Waals surface area (Å²) in [7, 11) is 0. The minimum Gasteiger partial charge on any atom is -0.311 e. The monoisotopic (exact) mass is 1310 g/mol. The molecule has 0 atom stereocenters. The van der Waals surface area contributed by atoms with E-state index in [0.29, 0.717) is 0 Å². The summed E-state index contributed by atoms with van der Waals surface area (Å²) in [6.07, 6.45) is 0. The van der Waals surface area contributed by atoms with E-state index >= 15 is 0 Å². The molecular weight excluding hydrogens is 1240 g/mol. The number of fused-ring (bicyclic) bond motifs is 2. The van der Waals surface area contributed by atoms with Crippen molar-refractivity contribution in [1.82, 2.24) is 19.1 Å². The van der Waals surface area contributed by atoms with Crippen LogP contribution in [-0.4, -0.2) is 19.1 Å². The lowest BCUT2D eigenvalue weighted by molar-refractivity contribution is 1.10. The molecule has 17 aromatic rings. The van der Waals surface area contributed by atoms with Gasteiger partial charge in [-0.05, 0) is 254 Å². The Labute approximate surface area is 596 Å². The van der Waals surface area contributed by atoms with Crippen molar-refractivity contribution in [2.24, 2.45) is 0 Å². The molecule has 8 nitrogen and oxygen atoms in total. The number of rotatable bonds is 17. The number of aryl methyl sites for hydroxylation is 2. The number of imidazole rings is 2. The fraction of sp³-hybridized carbons (Fsp3) is 0.0213. The normalized spacial score (nSPS) is 11.0. The first-order valence-electron chi connectivity index (χ1n) is 34.5. The smallest absolute Gasteiger partial charge is 0.145 e. The molecule has 0 aliphatic carbocycles. The van der Waals surface area contributed by atoms with E-state index in [1.165, 1.54) is 22.3 Å². The van der Waals surface area contributed by atoms with Crippen molar-refractivity contribution in [3.8, 4) is 45.3 Å². The highest BCUT2D eigenvalue weighted by Crippen LogP contribution is 2.44. The zero-order valence-electron chi connectivity index (χ0n) is 56.7. The van der Waals surface area contributed by atoms with Crippen LogP contribution in [0.4, 0.5) is 68.2 Å². The molecular formula is C94H72N8. The standard InChI is InChI=1S/C49H36N4.C45H36N4/c1-5-15-37(16-6-1)38-25-29-43(30-26-38)52(46-35-33-45(34-36-46)51(40-17-7-2-8-18-40)41-19-9-3-10-20-41)44-31-27-39(28-32-44)49-50-47-23-13-14-24-48(47)53(49)42-21-11-4-12-22-42;1-33-30-34(2)32-42(31-33)48(37-16-8-4-9-17-37)41-28-26-40(27-29-41)47(36-14-6-3-7-15-36)39-24-22-35(23-25-39)45-46-43-20-12-13-21-44(43)49(45)38-18-10-5-11-19-38/h1-36H;3-32H,1-2H3. The van der Waals surface area contributed by atoms with Crippen molar-refractivity contribution in [3.63, 3.8) is 0 Å². The van der Waals surface area contributed by atoms with Crippen molar-refractivity contribution in [2.45, 2.75) is 13.8 Å². The molecule has 0 N–H and O–H groups in total. The molecule has 0 saturated carbocycles. The SMILES string of the molecule is Cc1cc(C)cc(N(c2ccccc2)c2ccc(N(c3ccccc3)c3ccc(-c4nc5ccccc5n4-c4ccccc4)cc3)cc2)c1.c1ccc(-c2ccc(N(c3ccc(-c4nc5ccccc5n4-c4ccccc4)cc3)c3ccc(N(c4ccccc4)c4ccccc4)cc3)cc2)cc1. The highest BCUT2D eigenvalue weighted by molar-refractivity contribution is 5.88. The molecule has 0 aliphatic rings. The fourth-order valence-corrected chi connectivity index (χ4v) is 13.7. The van der Waals surface area contributed by atoms with Crippen LogP contribution in [0.1, 0.15) is 11.1 Å². The van der Waals surface area contributed by atoms with Gasteiger partial charge in [0.2, 0.25) is 0 Å². The van der Waals surface area contributed by atoms with E-state index in [2.05, 4.69) is 419 Å². The highest BCUT2D eigenvalue weighted by Gasteiger charge is 2.22. The predicted octanol–water partition coefficient (Wildman–Crippen LogP) is 25.5. The molecule has 2 aromatic heterocycles. The van der Waals surface area contributed by atoms with Crippen LogP contribution in [0.25, 0.3) is 67.3 Å². The molecule has 0 amide bonds. The third kappa shape index (κ3) is 13.2. The maximum Gasteiger partial charge on any atom is 0.145 e. The molecule has 0 unspecified atom stereocenters. The van der Waals surface area contributed by atoms with Gasteiger partial charge in [-0.1, -0.05) is 182 Å². The summed E-state index contributed by atoms with van der Waals surface area (Å²) >= 11 is 0. The second-order valence-corrected chi connectivity index (χ2v) is 25.3. The summed E-state index contributed by atoms with van der Waals surface area (Å²) in [5.74, 6) is 1.83. The average Bonchev–Trinajstić information content (AvgIpc) is 1.55. The first-order valence-corrected chi connectivity index (χ1v) is 34.5. The molecule has 0 saturated heterocycles. The number of benzene rings is 15. The van der Waals surface area contributed by atoms with Crippen LogP contribution in [0, 0.1) is 13.8 Å². The lowest BCUT2D eigenvalue weighted by Crippen LogP contribution is -2.12. The van der Waals surface area contributed by atoms with Gasteiger partial charge in [0.1, 0.15) is 11.6 Å². The second-order valence-electron chi connectivity index (χ2n) is 25.3. The van der Waals surface area contributed by atoms with E-state index in [1.54, 1.807) is 0 Å². The second kappa shape index (κ2) is 28.9. The Bertz CT molecular complexity index is 5540. The van der Waals surface area contributed by atoms with E-state index < -0.39 is 0 Å². The molecule has 15 aromatic carbocycles. The van der Waals surface area contributed by atoms with E-state index in [4.69, 9.17) is 9.97 Å². The number of nitrogens with zero attached hydrogens (tertiary/aromatic N) is 8. The van der Waals surface area contributed by atoms with Crippen LogP contribution in [0.2, 0.25) is 0 Å². The van der Waals surface area contributed by atoms with Gasteiger partial charge in [0.05, 0.1) is 22.1 Å². The van der Waals surface area contributed by atoms with Crippen LogP contribution in [0.5, 0.6) is 0 Å². The summed E-state index contributed by atoms with van der Waals surface area (Å²) in [4.78, 5) is 19.4. The van der Waals surface area contributed by atoms with Crippen LogP contribution in [0.15, 0.2) is 400 Å². The summed E-state index contributed by atoms with van der Waals surface area (Å²) in [5.41, 5.74) is 26.3. The Morgan fingerprint density at radius 2 is 0.422 bits per heavy atom. The van der Waals surface area contributed by atoms with Gasteiger partial charge in [-0.15, -0.1) is 0 Å². The van der Waals surface area contributed by atoms with Crippen LogP contribution in [0.3, 0.4) is 0 Å². The van der Waals surface area contributed by atoms with Gasteiger partial charge in [0.15, 0.2) is 0 Å². The molecule has 2 heterocycles. The number of anilines is 12. The van der Waals surface area contributed by atoms with E-state index in [1.807, 2.05) is 24.3 Å². The molecule has 0 aliphatic heterocycles. The molecule has 102 heavy (non-hydrogen) atoms. The Morgan fingerprint density at radius 1 is 0.196 bits per heavy atom. The zero-order valence-corrected chi connectivity index (χ0v) is 56.7. The van der Waals surface area contributed by atoms with Gasteiger partial charge >= 0.3 is 0 Å². The summed E-state index contributed by atoms with van der Waals surface area (Å²) in [6.45, 7) is 4.31. The average molecular weight is 1310 g/mol. The largest absolute Gasteiger partial charge is 0.311 e. The topological polar surface area (TPSA) is 48.6 Å². The van der Waals surface area contributed by atoms with Gasteiger partial charge in [-0.3, -0.25) is 9.13 Å². The Morgan fingerprint density at radius 3 is 0.735 bits per heavy atom. The summed E-state index contributed by atoms with van der Waals surface area (Å²) < 4.78 is 4.49. The van der Waals surface area contributed by atoms with Gasteiger partial charge in [0.25, 0.3) is 0 Å². The lowest BCUT2D eigenvalue weighted by atomic mass is 10.0. The third-order valence-corrected chi connectivity index (χ3v) is 18.4. The number of hydrogen-bond acceptors (Lipinski definition) is 6.